The van der Waals surface area contributed by atoms with Gasteiger partial charge in [-0.2, -0.15) is 0 Å². The van der Waals surface area contributed by atoms with Crippen molar-refractivity contribution in [3.63, 3.8) is 0 Å². The van der Waals surface area contributed by atoms with E-state index >= 15 is 0 Å². The molecule has 0 aromatic rings. The van der Waals surface area contributed by atoms with Crippen LogP contribution in [-0.4, -0.2) is 23.9 Å². The van der Waals surface area contributed by atoms with Gasteiger partial charge in [0.25, 0.3) is 0 Å². The van der Waals surface area contributed by atoms with Crippen LogP contribution in [0, 0.1) is 17.3 Å². The lowest BCUT2D eigenvalue weighted by molar-refractivity contribution is -0.0200. The molecule has 2 bridgehead atoms. The van der Waals surface area contributed by atoms with Crippen LogP contribution in [0.5, 0.6) is 0 Å². The second-order valence-corrected chi connectivity index (χ2v) is 6.45. The maximum Gasteiger partial charge on any atom is 0.0586 e. The van der Waals surface area contributed by atoms with Crippen molar-refractivity contribution < 1.29 is 9.84 Å². The summed E-state index contributed by atoms with van der Waals surface area (Å²) in [7, 11) is 0. The van der Waals surface area contributed by atoms with Crippen molar-refractivity contribution in [3.05, 3.63) is 0 Å². The maximum absolute atomic E-state index is 9.81. The van der Waals surface area contributed by atoms with Crippen LogP contribution in [-0.2, 0) is 4.74 Å². The topological polar surface area (TPSA) is 29.5 Å². The standard InChI is InChI=1S/C14H24O2/c1-10-2-5-13(16-10)8-14(9-15)7-11-3-4-12(14)6-11/h10-13,15H,2-9H2,1H3. The zero-order chi connectivity index (χ0) is 11.2. The predicted molar refractivity (Wildman–Crippen MR) is 63.2 cm³/mol. The molecule has 1 aliphatic heterocycles. The molecule has 5 unspecified atom stereocenters. The van der Waals surface area contributed by atoms with Gasteiger partial charge in [0.1, 0.15) is 0 Å². The smallest absolute Gasteiger partial charge is 0.0586 e. The van der Waals surface area contributed by atoms with Gasteiger partial charge in [0.2, 0.25) is 0 Å². The van der Waals surface area contributed by atoms with Crippen LogP contribution in [0.25, 0.3) is 0 Å². The first-order valence-corrected chi connectivity index (χ1v) is 6.98. The van der Waals surface area contributed by atoms with E-state index in [1.165, 1.54) is 38.5 Å². The second kappa shape index (κ2) is 3.99. The lowest BCUT2D eigenvalue weighted by Gasteiger charge is -2.38. The third-order valence-corrected chi connectivity index (χ3v) is 5.37. The van der Waals surface area contributed by atoms with Crippen LogP contribution < -0.4 is 0 Å². The zero-order valence-electron chi connectivity index (χ0n) is 10.3. The number of ether oxygens (including phenoxy) is 1. The minimum Gasteiger partial charge on any atom is -0.396 e. The van der Waals surface area contributed by atoms with Gasteiger partial charge < -0.3 is 9.84 Å². The minimum absolute atomic E-state index is 0.234. The Hall–Kier alpha value is -0.0800. The highest BCUT2D eigenvalue weighted by Gasteiger charge is 2.51. The average Bonchev–Trinajstić information content (AvgIpc) is 2.94. The molecule has 3 rings (SSSR count). The summed E-state index contributed by atoms with van der Waals surface area (Å²) in [6, 6.07) is 0. The Morgan fingerprint density at radius 2 is 2.12 bits per heavy atom. The van der Waals surface area contributed by atoms with Gasteiger partial charge in [-0.1, -0.05) is 6.42 Å². The van der Waals surface area contributed by atoms with Gasteiger partial charge in [-0.3, -0.25) is 0 Å². The third-order valence-electron chi connectivity index (χ3n) is 5.37. The number of fused-ring (bicyclic) bond motifs is 2. The van der Waals surface area contributed by atoms with Gasteiger partial charge in [-0.05, 0) is 62.7 Å². The number of aliphatic hydroxyl groups is 1. The molecule has 0 spiro atoms. The number of hydrogen-bond donors (Lipinski definition) is 1. The summed E-state index contributed by atoms with van der Waals surface area (Å²) in [4.78, 5) is 0. The molecule has 92 valence electrons. The molecule has 16 heavy (non-hydrogen) atoms. The molecular formula is C14H24O2. The van der Waals surface area contributed by atoms with Gasteiger partial charge in [0.05, 0.1) is 12.2 Å². The van der Waals surface area contributed by atoms with E-state index < -0.39 is 0 Å². The summed E-state index contributed by atoms with van der Waals surface area (Å²) < 4.78 is 5.95. The summed E-state index contributed by atoms with van der Waals surface area (Å²) in [6.07, 6.45) is 9.82. The molecule has 0 aromatic heterocycles. The molecule has 3 aliphatic rings. The van der Waals surface area contributed by atoms with Crippen molar-refractivity contribution >= 4 is 0 Å². The Labute approximate surface area is 98.4 Å². The second-order valence-electron chi connectivity index (χ2n) is 6.45. The lowest BCUT2D eigenvalue weighted by atomic mass is 9.70. The summed E-state index contributed by atoms with van der Waals surface area (Å²) in [6.45, 7) is 2.56. The van der Waals surface area contributed by atoms with E-state index in [1.54, 1.807) is 0 Å². The van der Waals surface area contributed by atoms with Crippen LogP contribution in [0.1, 0.15) is 51.9 Å². The number of aliphatic hydroxyl groups excluding tert-OH is 1. The van der Waals surface area contributed by atoms with Crippen molar-refractivity contribution in [3.8, 4) is 0 Å². The molecule has 1 heterocycles. The predicted octanol–water partition coefficient (Wildman–Crippen LogP) is 2.74. The Bertz CT molecular complexity index is 265. The number of hydrogen-bond acceptors (Lipinski definition) is 2. The molecule has 2 saturated carbocycles. The fourth-order valence-corrected chi connectivity index (χ4v) is 4.56. The van der Waals surface area contributed by atoms with Gasteiger partial charge in [-0.15, -0.1) is 0 Å². The van der Waals surface area contributed by atoms with E-state index in [9.17, 15) is 5.11 Å². The zero-order valence-corrected chi connectivity index (χ0v) is 10.3. The normalized spacial score (nSPS) is 51.4. The van der Waals surface area contributed by atoms with E-state index in [0.717, 1.165) is 18.3 Å². The summed E-state index contributed by atoms with van der Waals surface area (Å²) >= 11 is 0. The minimum atomic E-state index is 0.234. The molecule has 1 N–H and O–H groups in total. The van der Waals surface area contributed by atoms with E-state index in [4.69, 9.17) is 4.74 Å². The highest BCUT2D eigenvalue weighted by atomic mass is 16.5. The molecule has 0 aromatic carbocycles. The average molecular weight is 224 g/mol. The van der Waals surface area contributed by atoms with Gasteiger partial charge in [0.15, 0.2) is 0 Å². The van der Waals surface area contributed by atoms with Crippen LogP contribution in [0.15, 0.2) is 0 Å². The summed E-state index contributed by atoms with van der Waals surface area (Å²) in [5, 5.41) is 9.81. The molecule has 1 saturated heterocycles. The van der Waals surface area contributed by atoms with Crippen molar-refractivity contribution in [2.24, 2.45) is 17.3 Å². The first-order chi connectivity index (χ1) is 7.72. The van der Waals surface area contributed by atoms with Gasteiger partial charge in [0, 0.05) is 6.61 Å². The Morgan fingerprint density at radius 3 is 2.62 bits per heavy atom. The fraction of sp³-hybridized carbons (Fsp3) is 1.00. The molecule has 2 aliphatic carbocycles. The largest absolute Gasteiger partial charge is 0.396 e. The number of rotatable bonds is 3. The first-order valence-electron chi connectivity index (χ1n) is 6.98. The van der Waals surface area contributed by atoms with Crippen LogP contribution >= 0.6 is 0 Å². The molecule has 5 atom stereocenters. The SMILES string of the molecule is CC1CCC(CC2(CO)CC3CCC2C3)O1. The van der Waals surface area contributed by atoms with Crippen molar-refractivity contribution in [2.45, 2.75) is 64.1 Å². The van der Waals surface area contributed by atoms with Gasteiger partial charge in [-0.25, -0.2) is 0 Å². The first kappa shape index (κ1) is 11.0. The maximum atomic E-state index is 9.81. The molecule has 2 heteroatoms. The summed E-state index contributed by atoms with van der Waals surface area (Å²) in [5.74, 6) is 1.71. The van der Waals surface area contributed by atoms with E-state index in [2.05, 4.69) is 6.92 Å². The third kappa shape index (κ3) is 1.70. The van der Waals surface area contributed by atoms with Crippen molar-refractivity contribution in [1.82, 2.24) is 0 Å². The highest BCUT2D eigenvalue weighted by Crippen LogP contribution is 2.58. The van der Waals surface area contributed by atoms with Crippen LogP contribution in [0.3, 0.4) is 0 Å². The Morgan fingerprint density at radius 1 is 1.25 bits per heavy atom. The fourth-order valence-electron chi connectivity index (χ4n) is 4.56. The van der Waals surface area contributed by atoms with Crippen LogP contribution in [0.2, 0.25) is 0 Å². The van der Waals surface area contributed by atoms with Crippen molar-refractivity contribution in [2.75, 3.05) is 6.61 Å². The van der Waals surface area contributed by atoms with E-state index in [0.29, 0.717) is 18.8 Å². The van der Waals surface area contributed by atoms with Crippen LogP contribution in [0.4, 0.5) is 0 Å². The molecule has 3 fully saturated rings. The summed E-state index contributed by atoms with van der Waals surface area (Å²) in [5.41, 5.74) is 0.234. The van der Waals surface area contributed by atoms with Crippen molar-refractivity contribution in [1.29, 1.82) is 0 Å². The Balaban J connectivity index is 1.67. The highest BCUT2D eigenvalue weighted by molar-refractivity contribution is 5.01. The molecular weight excluding hydrogens is 200 g/mol. The Kier molecular flexibility index (Phi) is 2.75. The van der Waals surface area contributed by atoms with E-state index in [1.807, 2.05) is 0 Å². The monoisotopic (exact) mass is 224 g/mol. The van der Waals surface area contributed by atoms with Gasteiger partial charge >= 0.3 is 0 Å². The van der Waals surface area contributed by atoms with E-state index in [-0.39, 0.29) is 5.41 Å². The molecule has 0 radical (unpaired) electrons. The molecule has 0 amide bonds. The molecule has 2 nitrogen and oxygen atoms in total. The quantitative estimate of drug-likeness (QED) is 0.798. The lowest BCUT2D eigenvalue weighted by Crippen LogP contribution is -2.35.